The summed E-state index contributed by atoms with van der Waals surface area (Å²) in [5.74, 6) is -8.82. The number of carbonyl (C=O) groups is 1. The van der Waals surface area contributed by atoms with Crippen molar-refractivity contribution in [1.82, 2.24) is 24.5 Å². The van der Waals surface area contributed by atoms with Crippen LogP contribution >= 0.6 is 0 Å². The van der Waals surface area contributed by atoms with Crippen LogP contribution < -0.4 is 10.9 Å². The van der Waals surface area contributed by atoms with Gasteiger partial charge in [0.1, 0.15) is 29.5 Å². The highest BCUT2D eigenvalue weighted by Gasteiger charge is 2.51. The van der Waals surface area contributed by atoms with Crippen LogP contribution in [0.25, 0.3) is 0 Å². The molecule has 11 nitrogen and oxygen atoms in total. The summed E-state index contributed by atoms with van der Waals surface area (Å²) >= 11 is 0. The van der Waals surface area contributed by atoms with E-state index in [2.05, 4.69) is 25.1 Å². The van der Waals surface area contributed by atoms with Crippen molar-refractivity contribution in [2.24, 2.45) is 14.1 Å². The summed E-state index contributed by atoms with van der Waals surface area (Å²) in [5, 5.41) is 29.7. The number of benzene rings is 1. The van der Waals surface area contributed by atoms with E-state index < -0.39 is 52.6 Å². The van der Waals surface area contributed by atoms with Gasteiger partial charge in [-0.05, 0) is 30.7 Å². The van der Waals surface area contributed by atoms with E-state index in [9.17, 15) is 24.3 Å². The number of nitrogens with one attached hydrogen (secondary N) is 1. The second kappa shape index (κ2) is 10.0. The second-order valence-corrected chi connectivity index (χ2v) is 8.58. The Hall–Kier alpha value is -5.00. The molecule has 2 atom stereocenters. The van der Waals surface area contributed by atoms with Crippen molar-refractivity contribution in [1.29, 1.82) is 5.26 Å². The van der Waals surface area contributed by atoms with Gasteiger partial charge < -0.3 is 14.9 Å². The zero-order chi connectivity index (χ0) is 28.6. The van der Waals surface area contributed by atoms with Crippen molar-refractivity contribution in [2.45, 2.75) is 24.9 Å². The van der Waals surface area contributed by atoms with Crippen LogP contribution in [0.4, 0.5) is 23.2 Å². The maximum atomic E-state index is 15.0. The third kappa shape index (κ3) is 5.08. The number of hydrogen-bond acceptors (Lipinski definition) is 8. The third-order valence-corrected chi connectivity index (χ3v) is 6.03. The molecule has 1 aromatic carbocycles. The van der Waals surface area contributed by atoms with Gasteiger partial charge in [-0.25, -0.2) is 9.37 Å². The molecule has 0 bridgehead atoms. The lowest BCUT2D eigenvalue weighted by atomic mass is 9.78. The first-order chi connectivity index (χ1) is 18.3. The number of aryl methyl sites for hydroxylation is 2. The number of aromatic hydroxyl groups is 1. The Bertz CT molecular complexity index is 1650. The molecule has 2 N–H and O–H groups in total. The number of rotatable bonds is 6. The third-order valence-electron chi connectivity index (χ3n) is 6.03. The Morgan fingerprint density at radius 3 is 2.54 bits per heavy atom. The largest absolute Gasteiger partial charge is 0.501 e. The zero-order valence-corrected chi connectivity index (χ0v) is 20.5. The fourth-order valence-electron chi connectivity index (χ4n) is 4.33. The van der Waals surface area contributed by atoms with Crippen LogP contribution in [0.2, 0.25) is 0 Å². The minimum absolute atomic E-state index is 0.0157. The molecule has 0 aliphatic heterocycles. The van der Waals surface area contributed by atoms with E-state index in [0.717, 1.165) is 37.7 Å². The minimum atomic E-state index is -5.16. The Balaban J connectivity index is 2.03. The van der Waals surface area contributed by atoms with E-state index >= 15 is 13.2 Å². The van der Waals surface area contributed by atoms with Gasteiger partial charge in [-0.2, -0.15) is 23.5 Å². The summed E-state index contributed by atoms with van der Waals surface area (Å²) in [6, 6.07) is 4.55. The fourth-order valence-corrected chi connectivity index (χ4v) is 4.33. The molecule has 39 heavy (non-hydrogen) atoms. The molecule has 15 heteroatoms. The van der Waals surface area contributed by atoms with E-state index in [4.69, 9.17) is 0 Å². The van der Waals surface area contributed by atoms with Gasteiger partial charge in [-0.1, -0.05) is 5.16 Å². The molecule has 0 aliphatic carbocycles. The average Bonchev–Trinajstić information content (AvgIpc) is 3.49. The van der Waals surface area contributed by atoms with Crippen molar-refractivity contribution in [3.8, 4) is 11.8 Å². The molecular weight excluding hydrogens is 526 g/mol. The van der Waals surface area contributed by atoms with E-state index in [1.54, 1.807) is 6.07 Å². The average molecular weight is 545 g/mol. The standard InChI is InChI=1S/C24H19F4N7O4/c1-11-16(9-34(2)33-11)17(15-6-13(25)5-4-12(15)7-29)18(24(26,27)28)21-32-19(20(36)23(38)35(21)3)22(37)31-14-8-30-39-10-14/h4-6,8-10,17-18,36H,1-3H3,(H,31,37)/t17-,18-/m0/s1. The maximum Gasteiger partial charge on any atom is 0.399 e. The number of alkyl halides is 3. The molecule has 0 saturated carbocycles. The lowest BCUT2D eigenvalue weighted by Crippen LogP contribution is -2.36. The van der Waals surface area contributed by atoms with Crippen LogP contribution in [0.5, 0.6) is 5.75 Å². The predicted octanol–water partition coefficient (Wildman–Crippen LogP) is 3.26. The summed E-state index contributed by atoms with van der Waals surface area (Å²) in [7, 11) is 2.41. The molecule has 4 aromatic rings. The fraction of sp³-hybridized carbons (Fsp3) is 0.250. The number of nitrogens with zero attached hydrogens (tertiary/aromatic N) is 6. The highest BCUT2D eigenvalue weighted by Crippen LogP contribution is 2.49. The van der Waals surface area contributed by atoms with Gasteiger partial charge in [-0.3, -0.25) is 18.8 Å². The zero-order valence-electron chi connectivity index (χ0n) is 20.5. The lowest BCUT2D eigenvalue weighted by molar-refractivity contribution is -0.156. The molecule has 202 valence electrons. The SMILES string of the molecule is Cc1nn(C)cc1[C@H](c1cc(F)ccc1C#N)[C@@H](c1nc(C(=O)Nc2cnoc2)c(O)c(=O)n1C)C(F)(F)F. The molecular formula is C24H19F4N7O4. The molecule has 0 unspecified atom stereocenters. The number of carbonyl (C=O) groups excluding carboxylic acids is 1. The number of aromatic nitrogens is 5. The summed E-state index contributed by atoms with van der Waals surface area (Å²) in [5.41, 5.74) is -2.84. The molecule has 1 amide bonds. The van der Waals surface area contributed by atoms with Gasteiger partial charge in [0.25, 0.3) is 11.5 Å². The number of nitriles is 1. The van der Waals surface area contributed by atoms with Crippen LogP contribution in [0, 0.1) is 24.1 Å². The smallest absolute Gasteiger partial charge is 0.399 e. The number of halogens is 4. The van der Waals surface area contributed by atoms with E-state index in [0.29, 0.717) is 4.57 Å². The molecule has 0 aliphatic rings. The first kappa shape index (κ1) is 27.0. The van der Waals surface area contributed by atoms with Gasteiger partial charge in [0.2, 0.25) is 5.75 Å². The molecule has 4 rings (SSSR count). The summed E-state index contributed by atoms with van der Waals surface area (Å²) in [6.45, 7) is 1.43. The maximum absolute atomic E-state index is 15.0. The van der Waals surface area contributed by atoms with Crippen molar-refractivity contribution >= 4 is 11.6 Å². The van der Waals surface area contributed by atoms with Crippen LogP contribution in [-0.4, -0.2) is 41.7 Å². The highest BCUT2D eigenvalue weighted by molar-refractivity contribution is 6.04. The van der Waals surface area contributed by atoms with Gasteiger partial charge in [0.05, 0.1) is 23.5 Å². The number of amides is 1. The first-order valence-corrected chi connectivity index (χ1v) is 11.1. The normalized spacial score (nSPS) is 13.1. The van der Waals surface area contributed by atoms with Crippen LogP contribution in [0.1, 0.15) is 50.5 Å². The van der Waals surface area contributed by atoms with Crippen molar-refractivity contribution in [3.05, 3.63) is 86.9 Å². The van der Waals surface area contributed by atoms with Gasteiger partial charge >= 0.3 is 6.18 Å². The highest BCUT2D eigenvalue weighted by atomic mass is 19.4. The second-order valence-electron chi connectivity index (χ2n) is 8.58. The molecule has 0 spiro atoms. The Morgan fingerprint density at radius 1 is 1.26 bits per heavy atom. The Labute approximate surface area is 216 Å². The van der Waals surface area contributed by atoms with Gasteiger partial charge in [0, 0.05) is 31.8 Å². The van der Waals surface area contributed by atoms with Crippen LogP contribution in [0.3, 0.4) is 0 Å². The summed E-state index contributed by atoms with van der Waals surface area (Å²) in [4.78, 5) is 29.4. The summed E-state index contributed by atoms with van der Waals surface area (Å²) < 4.78 is 65.7. The quantitative estimate of drug-likeness (QED) is 0.350. The van der Waals surface area contributed by atoms with Crippen molar-refractivity contribution in [3.63, 3.8) is 0 Å². The van der Waals surface area contributed by atoms with Crippen LogP contribution in [0.15, 0.2) is 46.2 Å². The number of anilines is 1. The minimum Gasteiger partial charge on any atom is -0.501 e. The molecule has 0 saturated heterocycles. The molecule has 0 radical (unpaired) electrons. The van der Waals surface area contributed by atoms with Crippen LogP contribution in [-0.2, 0) is 14.1 Å². The van der Waals surface area contributed by atoms with E-state index in [1.807, 2.05) is 0 Å². The van der Waals surface area contributed by atoms with Crippen molar-refractivity contribution < 1.29 is 32.0 Å². The van der Waals surface area contributed by atoms with Gasteiger partial charge in [0.15, 0.2) is 5.69 Å². The Morgan fingerprint density at radius 2 is 1.97 bits per heavy atom. The topological polar surface area (TPSA) is 152 Å². The molecule has 3 aromatic heterocycles. The lowest BCUT2D eigenvalue weighted by Gasteiger charge is -2.31. The van der Waals surface area contributed by atoms with Gasteiger partial charge in [-0.15, -0.1) is 0 Å². The Kier molecular flexibility index (Phi) is 6.97. The van der Waals surface area contributed by atoms with Crippen molar-refractivity contribution in [2.75, 3.05) is 5.32 Å². The first-order valence-electron chi connectivity index (χ1n) is 11.1. The summed E-state index contributed by atoms with van der Waals surface area (Å²) in [6.07, 6.45) is -1.81. The number of hydrogen-bond donors (Lipinski definition) is 2. The predicted molar refractivity (Wildman–Crippen MR) is 125 cm³/mol. The monoisotopic (exact) mass is 545 g/mol. The molecule has 3 heterocycles. The van der Waals surface area contributed by atoms with E-state index in [-0.39, 0.29) is 28.1 Å². The van der Waals surface area contributed by atoms with E-state index in [1.165, 1.54) is 24.9 Å². The molecule has 0 fully saturated rings.